The summed E-state index contributed by atoms with van der Waals surface area (Å²) >= 11 is 0. The Morgan fingerprint density at radius 3 is 1.14 bits per heavy atom. The van der Waals surface area contributed by atoms with E-state index in [1.165, 1.54) is 0 Å². The lowest BCUT2D eigenvalue weighted by atomic mass is 9.90. The van der Waals surface area contributed by atoms with Crippen molar-refractivity contribution in [2.75, 3.05) is 0 Å². The number of para-hydroxylation sites is 5. The highest BCUT2D eigenvalue weighted by Crippen LogP contribution is 2.54. The summed E-state index contributed by atoms with van der Waals surface area (Å²) in [5.41, 5.74) is 25.2. The van der Waals surface area contributed by atoms with E-state index < -0.39 is 0 Å². The first-order chi connectivity index (χ1) is 55.5. The molecule has 0 aliphatic rings. The largest absolute Gasteiger partial charge is 0.455 e. The third-order valence-electron chi connectivity index (χ3n) is 21.5. The van der Waals surface area contributed by atoms with Crippen LogP contribution in [0.3, 0.4) is 0 Å². The van der Waals surface area contributed by atoms with Crippen molar-refractivity contribution in [3.8, 4) is 146 Å². The predicted molar refractivity (Wildman–Crippen MR) is 453 cm³/mol. The molecular formula is C102H60N6O4. The topological polar surface area (TPSA) is 130 Å². The Morgan fingerprint density at radius 2 is 0.562 bits per heavy atom. The molecule has 0 saturated heterocycles. The molecule has 0 atom stereocenters. The molecule has 0 amide bonds. The van der Waals surface area contributed by atoms with Crippen molar-refractivity contribution in [2.45, 2.75) is 0 Å². The molecule has 14 aromatic carbocycles. The van der Waals surface area contributed by atoms with Gasteiger partial charge in [-0.2, -0.15) is 0 Å². The second-order valence-electron chi connectivity index (χ2n) is 28.2. The molecule has 112 heavy (non-hydrogen) atoms. The Hall–Kier alpha value is -15.3. The van der Waals surface area contributed by atoms with Gasteiger partial charge < -0.3 is 17.7 Å². The molecule has 0 N–H and O–H groups in total. The molecular weight excluding hydrogens is 1370 g/mol. The highest BCUT2D eigenvalue weighted by molar-refractivity contribution is 6.25. The maximum absolute atomic E-state index is 7.70. The number of hydrogen-bond donors (Lipinski definition) is 0. The molecule has 10 heteroatoms. The maximum Gasteiger partial charge on any atom is 0.162 e. The van der Waals surface area contributed by atoms with Crippen LogP contribution in [0.1, 0.15) is 0 Å². The molecule has 0 saturated carbocycles. The van der Waals surface area contributed by atoms with E-state index in [1.54, 1.807) is 0 Å². The summed E-state index contributed by atoms with van der Waals surface area (Å²) in [7, 11) is 0. The van der Waals surface area contributed by atoms with Crippen LogP contribution in [0.15, 0.2) is 382 Å². The van der Waals surface area contributed by atoms with Crippen LogP contribution in [0.25, 0.3) is 234 Å². The Morgan fingerprint density at radius 1 is 0.188 bits per heavy atom. The quantitative estimate of drug-likeness (QED) is 0.110. The monoisotopic (exact) mass is 1430 g/mol. The van der Waals surface area contributed by atoms with Gasteiger partial charge in [-0.3, -0.25) is 0 Å². The van der Waals surface area contributed by atoms with Crippen molar-refractivity contribution in [1.29, 1.82) is 0 Å². The van der Waals surface area contributed by atoms with Gasteiger partial charge in [0.2, 0.25) is 0 Å². The van der Waals surface area contributed by atoms with E-state index in [-0.39, 0.29) is 0 Å². The molecule has 0 radical (unpaired) electrons. The number of nitrogens with zero attached hydrogens (tertiary/aromatic N) is 6. The van der Waals surface area contributed by atoms with Crippen LogP contribution in [-0.2, 0) is 0 Å². The average molecular weight is 1430 g/mol. The van der Waals surface area contributed by atoms with Crippen LogP contribution in [0.5, 0.6) is 0 Å². The molecule has 22 rings (SSSR count). The van der Waals surface area contributed by atoms with Crippen molar-refractivity contribution in [1.82, 2.24) is 29.9 Å². The summed E-state index contributed by atoms with van der Waals surface area (Å²) in [6, 6.07) is 125. The molecule has 8 aromatic heterocycles. The standard InChI is InChI=1S/C102H60N6O4/c1-6-27-61(28-7-1)82-59-84(107-101(105-82)66-33-12-4-13-34-66)63-51-53-65(54-52-63)95-92(90-75-42-16-20-47-80(75)103-93(99(90)111-95)64-31-10-3-11-32-64)79-56-55-72(88-77-44-19-23-50-87(77)110-98(79)88)68-37-24-39-70(57-68)94-100-89(76-43-17-21-48-81(76)104-94)91(78-46-26-45-74-73-41-18-22-49-86(73)109-97(74)78)96(112-100)71-40-25-38-69(58-71)85-60-83(62-29-8-2-9-30-62)106-102(108-85)67-35-14-5-15-36-67/h1-60H. The first-order valence-corrected chi connectivity index (χ1v) is 37.5. The Balaban J connectivity index is 0.740. The molecule has 0 aliphatic carbocycles. The van der Waals surface area contributed by atoms with Gasteiger partial charge in [0.25, 0.3) is 0 Å². The van der Waals surface area contributed by atoms with Crippen molar-refractivity contribution in [3.63, 3.8) is 0 Å². The molecule has 0 aliphatic heterocycles. The van der Waals surface area contributed by atoms with E-state index in [0.29, 0.717) is 45.6 Å². The number of fused-ring (bicyclic) bond motifs is 12. The van der Waals surface area contributed by atoms with Crippen molar-refractivity contribution < 1.29 is 17.7 Å². The Bertz CT molecular complexity index is 7360. The normalized spacial score (nSPS) is 11.8. The molecule has 522 valence electrons. The molecule has 22 aromatic rings. The van der Waals surface area contributed by atoms with Crippen LogP contribution >= 0.6 is 0 Å². The van der Waals surface area contributed by atoms with E-state index in [9.17, 15) is 0 Å². The van der Waals surface area contributed by atoms with Crippen LogP contribution in [0.4, 0.5) is 0 Å². The van der Waals surface area contributed by atoms with E-state index in [1.807, 2.05) is 115 Å². The second kappa shape index (κ2) is 26.3. The van der Waals surface area contributed by atoms with Crippen LogP contribution in [0, 0.1) is 0 Å². The first kappa shape index (κ1) is 64.0. The number of aromatic nitrogens is 6. The summed E-state index contributed by atoms with van der Waals surface area (Å²) < 4.78 is 29.5. The lowest BCUT2D eigenvalue weighted by Gasteiger charge is -2.12. The van der Waals surface area contributed by atoms with Gasteiger partial charge in [-0.15, -0.1) is 0 Å². The Kier molecular flexibility index (Phi) is 15.0. The number of benzene rings is 14. The zero-order chi connectivity index (χ0) is 73.7. The third-order valence-corrected chi connectivity index (χ3v) is 21.5. The summed E-state index contributed by atoms with van der Waals surface area (Å²) in [5.74, 6) is 2.60. The molecule has 0 spiro atoms. The lowest BCUT2D eigenvalue weighted by molar-refractivity contribution is 0.631. The van der Waals surface area contributed by atoms with Crippen LogP contribution in [0.2, 0.25) is 0 Å². The summed E-state index contributed by atoms with van der Waals surface area (Å²) in [6.45, 7) is 0. The maximum atomic E-state index is 7.70. The third kappa shape index (κ3) is 10.8. The van der Waals surface area contributed by atoms with Crippen molar-refractivity contribution in [3.05, 3.63) is 364 Å². The minimum atomic E-state index is 0.628. The van der Waals surface area contributed by atoms with Gasteiger partial charge >= 0.3 is 0 Å². The molecule has 0 bridgehead atoms. The van der Waals surface area contributed by atoms with Gasteiger partial charge in [0.15, 0.2) is 22.8 Å². The van der Waals surface area contributed by atoms with Crippen LogP contribution in [-0.4, -0.2) is 29.9 Å². The summed E-state index contributed by atoms with van der Waals surface area (Å²) in [5, 5.41) is 7.66. The first-order valence-electron chi connectivity index (χ1n) is 37.5. The Labute approximate surface area is 641 Å². The van der Waals surface area contributed by atoms with Gasteiger partial charge in [0.1, 0.15) is 45.2 Å². The fourth-order valence-electron chi connectivity index (χ4n) is 16.3. The van der Waals surface area contributed by atoms with Crippen molar-refractivity contribution in [2.24, 2.45) is 0 Å². The highest BCUT2D eigenvalue weighted by Gasteiger charge is 2.31. The van der Waals surface area contributed by atoms with Gasteiger partial charge in [0, 0.05) is 121 Å². The lowest BCUT2D eigenvalue weighted by Crippen LogP contribution is -1.96. The zero-order valence-electron chi connectivity index (χ0n) is 60.0. The van der Waals surface area contributed by atoms with E-state index >= 15 is 0 Å². The zero-order valence-corrected chi connectivity index (χ0v) is 60.0. The van der Waals surface area contributed by atoms with Gasteiger partial charge in [-0.25, -0.2) is 29.9 Å². The average Bonchev–Trinajstić information content (AvgIpc) is 1.56. The minimum absolute atomic E-state index is 0.628. The smallest absolute Gasteiger partial charge is 0.162 e. The van der Waals surface area contributed by atoms with E-state index in [0.717, 1.165) is 188 Å². The number of rotatable bonds is 13. The van der Waals surface area contributed by atoms with E-state index in [4.69, 9.17) is 47.6 Å². The molecule has 8 heterocycles. The minimum Gasteiger partial charge on any atom is -0.455 e. The highest BCUT2D eigenvalue weighted by atomic mass is 16.3. The van der Waals surface area contributed by atoms with Gasteiger partial charge in [-0.1, -0.05) is 309 Å². The summed E-state index contributed by atoms with van der Waals surface area (Å²) in [6.07, 6.45) is 0. The SMILES string of the molecule is c1ccc(-c2cc(-c3ccc(-c4oc5c(-c6ccccc6)nc6ccccc6c5c4-c4ccc(-c5cccc(-c6nc7ccccc7c7c(-c8cccc9c8oc8ccccc89)c(-c8cccc(-c9cc(-c%10ccccc%10)nc(-c%10ccccc%10)n9)c8)oc67)c5)c5c4oc4ccccc45)cc3)nc(-c3ccccc3)n2)cc1. The van der Waals surface area contributed by atoms with E-state index in [2.05, 4.69) is 249 Å². The second-order valence-corrected chi connectivity index (χ2v) is 28.2. The van der Waals surface area contributed by atoms with Gasteiger partial charge in [0.05, 0.1) is 33.8 Å². The van der Waals surface area contributed by atoms with Gasteiger partial charge in [-0.05, 0) is 65.7 Å². The number of hydrogen-bond acceptors (Lipinski definition) is 10. The number of pyridine rings is 2. The predicted octanol–water partition coefficient (Wildman–Crippen LogP) is 27.3. The molecule has 10 nitrogen and oxygen atoms in total. The fraction of sp³-hybridized carbons (Fsp3) is 0. The van der Waals surface area contributed by atoms with Crippen molar-refractivity contribution >= 4 is 87.6 Å². The number of furan rings is 4. The molecule has 0 unspecified atom stereocenters. The van der Waals surface area contributed by atoms with Crippen LogP contribution < -0.4 is 0 Å². The molecule has 0 fully saturated rings. The fourth-order valence-corrected chi connectivity index (χ4v) is 16.3. The summed E-state index contributed by atoms with van der Waals surface area (Å²) in [4.78, 5) is 31.8.